The van der Waals surface area contributed by atoms with Crippen molar-refractivity contribution in [2.75, 3.05) is 13.1 Å². The summed E-state index contributed by atoms with van der Waals surface area (Å²) in [7, 11) is 0. The number of aliphatic carboxylic acids is 1. The maximum atomic E-state index is 11.2. The molecule has 0 bridgehead atoms. The molecular formula is C11H17NO2S. The Balaban J connectivity index is 2.97. The molecule has 4 heteroatoms. The molecule has 0 radical (unpaired) electrons. The smallest absolute Gasteiger partial charge is 0.326 e. The molecule has 1 unspecified atom stereocenters. The molecule has 0 saturated heterocycles. The number of carboxylic acids is 1. The molecule has 0 fully saturated rings. The van der Waals surface area contributed by atoms with E-state index < -0.39 is 12.0 Å². The van der Waals surface area contributed by atoms with Crippen LogP contribution in [-0.2, 0) is 4.79 Å². The summed E-state index contributed by atoms with van der Waals surface area (Å²) in [6, 6.07) is 3.40. The third kappa shape index (κ3) is 2.79. The molecule has 84 valence electrons. The summed E-state index contributed by atoms with van der Waals surface area (Å²) in [5.41, 5.74) is 0. The summed E-state index contributed by atoms with van der Waals surface area (Å²) in [5, 5.41) is 9.23. The van der Waals surface area contributed by atoms with E-state index in [2.05, 4.69) is 0 Å². The van der Waals surface area contributed by atoms with Gasteiger partial charge in [-0.3, -0.25) is 9.69 Å². The van der Waals surface area contributed by atoms with Crippen LogP contribution in [0.2, 0.25) is 0 Å². The Morgan fingerprint density at radius 2 is 2.07 bits per heavy atom. The van der Waals surface area contributed by atoms with Crippen molar-refractivity contribution in [3.63, 3.8) is 0 Å². The average molecular weight is 227 g/mol. The Bertz CT molecular complexity index is 331. The van der Waals surface area contributed by atoms with E-state index in [0.29, 0.717) is 0 Å². The normalized spacial score (nSPS) is 13.1. The van der Waals surface area contributed by atoms with Crippen LogP contribution in [0.5, 0.6) is 0 Å². The highest BCUT2D eigenvalue weighted by atomic mass is 32.1. The fourth-order valence-corrected chi connectivity index (χ4v) is 2.65. The third-order valence-corrected chi connectivity index (χ3v) is 3.50. The second kappa shape index (κ2) is 5.28. The SMILES string of the molecule is CCN(CC)C(C(=O)O)c1ccc(C)s1. The van der Waals surface area contributed by atoms with Crippen molar-refractivity contribution in [3.05, 3.63) is 21.9 Å². The molecule has 1 aromatic rings. The maximum absolute atomic E-state index is 11.2. The predicted octanol–water partition coefficient (Wildman–Crippen LogP) is 2.52. The van der Waals surface area contributed by atoms with Crippen LogP contribution < -0.4 is 0 Å². The molecule has 1 rings (SSSR count). The van der Waals surface area contributed by atoms with Gasteiger partial charge >= 0.3 is 5.97 Å². The average Bonchev–Trinajstić information content (AvgIpc) is 2.59. The lowest BCUT2D eigenvalue weighted by atomic mass is 10.2. The van der Waals surface area contributed by atoms with E-state index in [1.807, 2.05) is 37.8 Å². The first-order chi connectivity index (χ1) is 7.10. The maximum Gasteiger partial charge on any atom is 0.326 e. The van der Waals surface area contributed by atoms with Gasteiger partial charge in [0.2, 0.25) is 0 Å². The van der Waals surface area contributed by atoms with Crippen molar-refractivity contribution < 1.29 is 9.90 Å². The first kappa shape index (κ1) is 12.2. The predicted molar refractivity (Wildman–Crippen MR) is 62.4 cm³/mol. The zero-order valence-electron chi connectivity index (χ0n) is 9.36. The Kier molecular flexibility index (Phi) is 4.29. The lowest BCUT2D eigenvalue weighted by Gasteiger charge is -2.25. The van der Waals surface area contributed by atoms with Crippen molar-refractivity contribution in [1.29, 1.82) is 0 Å². The Labute approximate surface area is 94.3 Å². The quantitative estimate of drug-likeness (QED) is 0.840. The molecule has 0 aromatic carbocycles. The number of likely N-dealkylation sites (N-methyl/N-ethyl adjacent to an activating group) is 1. The molecule has 1 atom stereocenters. The molecule has 3 nitrogen and oxygen atoms in total. The summed E-state index contributed by atoms with van der Waals surface area (Å²) in [5.74, 6) is -0.763. The fourth-order valence-electron chi connectivity index (χ4n) is 1.65. The number of carboxylic acid groups (broad SMARTS) is 1. The van der Waals surface area contributed by atoms with Gasteiger partial charge in [0.05, 0.1) is 0 Å². The van der Waals surface area contributed by atoms with Gasteiger partial charge in [0.15, 0.2) is 0 Å². The Morgan fingerprint density at radius 3 is 2.40 bits per heavy atom. The van der Waals surface area contributed by atoms with Crippen molar-refractivity contribution >= 4 is 17.3 Å². The lowest BCUT2D eigenvalue weighted by molar-refractivity contribution is -0.143. The minimum atomic E-state index is -0.763. The van der Waals surface area contributed by atoms with Crippen molar-refractivity contribution in [1.82, 2.24) is 4.90 Å². The van der Waals surface area contributed by atoms with Crippen LogP contribution in [-0.4, -0.2) is 29.1 Å². The van der Waals surface area contributed by atoms with Crippen molar-refractivity contribution in [2.24, 2.45) is 0 Å². The molecule has 15 heavy (non-hydrogen) atoms. The van der Waals surface area contributed by atoms with Gasteiger partial charge in [0.1, 0.15) is 6.04 Å². The first-order valence-corrected chi connectivity index (χ1v) is 5.95. The lowest BCUT2D eigenvalue weighted by Crippen LogP contribution is -2.33. The minimum absolute atomic E-state index is 0.487. The van der Waals surface area contributed by atoms with Crippen LogP contribution in [0, 0.1) is 6.92 Å². The highest BCUT2D eigenvalue weighted by Gasteiger charge is 2.26. The number of aryl methyl sites for hydroxylation is 1. The molecule has 0 aliphatic carbocycles. The molecule has 0 saturated carbocycles. The van der Waals surface area contributed by atoms with Gasteiger partial charge in [-0.1, -0.05) is 13.8 Å². The van der Waals surface area contributed by atoms with E-state index in [1.165, 1.54) is 0 Å². The number of thiophene rings is 1. The second-order valence-electron chi connectivity index (χ2n) is 3.41. The summed E-state index contributed by atoms with van der Waals surface area (Å²) >= 11 is 1.56. The minimum Gasteiger partial charge on any atom is -0.480 e. The topological polar surface area (TPSA) is 40.5 Å². The molecule has 1 N–H and O–H groups in total. The van der Waals surface area contributed by atoms with E-state index in [-0.39, 0.29) is 0 Å². The van der Waals surface area contributed by atoms with Gasteiger partial charge in [-0.15, -0.1) is 11.3 Å². The van der Waals surface area contributed by atoms with E-state index in [4.69, 9.17) is 0 Å². The summed E-state index contributed by atoms with van der Waals surface area (Å²) in [6.07, 6.45) is 0. The highest BCUT2D eigenvalue weighted by Crippen LogP contribution is 2.27. The summed E-state index contributed by atoms with van der Waals surface area (Å²) in [6.45, 7) is 7.48. The summed E-state index contributed by atoms with van der Waals surface area (Å²) < 4.78 is 0. The van der Waals surface area contributed by atoms with Crippen molar-refractivity contribution in [2.45, 2.75) is 26.8 Å². The van der Waals surface area contributed by atoms with Gasteiger partial charge in [0.25, 0.3) is 0 Å². The third-order valence-electron chi connectivity index (χ3n) is 2.44. The Morgan fingerprint density at radius 1 is 1.47 bits per heavy atom. The molecule has 1 aromatic heterocycles. The number of hydrogen-bond donors (Lipinski definition) is 1. The van der Waals surface area contributed by atoms with Crippen LogP contribution in [0.1, 0.15) is 29.6 Å². The zero-order valence-corrected chi connectivity index (χ0v) is 10.2. The van der Waals surface area contributed by atoms with Crippen molar-refractivity contribution in [3.8, 4) is 0 Å². The van der Waals surface area contributed by atoms with Crippen LogP contribution in [0.3, 0.4) is 0 Å². The van der Waals surface area contributed by atoms with Gasteiger partial charge in [-0.2, -0.15) is 0 Å². The van der Waals surface area contributed by atoms with Gasteiger partial charge < -0.3 is 5.11 Å². The van der Waals surface area contributed by atoms with E-state index >= 15 is 0 Å². The molecule has 0 spiro atoms. The van der Waals surface area contributed by atoms with Crippen LogP contribution >= 0.6 is 11.3 Å². The molecule has 0 aliphatic rings. The fraction of sp³-hybridized carbons (Fsp3) is 0.545. The largest absolute Gasteiger partial charge is 0.480 e. The molecule has 1 heterocycles. The second-order valence-corrected chi connectivity index (χ2v) is 4.73. The van der Waals surface area contributed by atoms with Crippen LogP contribution in [0.4, 0.5) is 0 Å². The van der Waals surface area contributed by atoms with E-state index in [0.717, 1.165) is 22.8 Å². The number of carbonyl (C=O) groups is 1. The number of nitrogens with zero attached hydrogens (tertiary/aromatic N) is 1. The van der Waals surface area contributed by atoms with E-state index in [9.17, 15) is 9.90 Å². The van der Waals surface area contributed by atoms with Crippen LogP contribution in [0.25, 0.3) is 0 Å². The van der Waals surface area contributed by atoms with Gasteiger partial charge in [-0.25, -0.2) is 0 Å². The monoisotopic (exact) mass is 227 g/mol. The summed E-state index contributed by atoms with van der Waals surface area (Å²) in [4.78, 5) is 15.3. The van der Waals surface area contributed by atoms with Gasteiger partial charge in [0, 0.05) is 9.75 Å². The molecular weight excluding hydrogens is 210 g/mol. The molecule has 0 aliphatic heterocycles. The standard InChI is InChI=1S/C11H17NO2S/c1-4-12(5-2)10(11(13)14)9-7-6-8(3)15-9/h6-7,10H,4-5H2,1-3H3,(H,13,14). The number of hydrogen-bond acceptors (Lipinski definition) is 3. The number of rotatable bonds is 5. The first-order valence-electron chi connectivity index (χ1n) is 5.13. The Hall–Kier alpha value is -0.870. The van der Waals surface area contributed by atoms with Crippen LogP contribution in [0.15, 0.2) is 12.1 Å². The zero-order chi connectivity index (χ0) is 11.4. The van der Waals surface area contributed by atoms with Gasteiger partial charge in [-0.05, 0) is 32.1 Å². The van der Waals surface area contributed by atoms with E-state index in [1.54, 1.807) is 11.3 Å². The molecule has 0 amide bonds. The highest BCUT2D eigenvalue weighted by molar-refractivity contribution is 7.12.